The molecule has 2 heteroatoms. The summed E-state index contributed by atoms with van der Waals surface area (Å²) in [5, 5.41) is 0. The summed E-state index contributed by atoms with van der Waals surface area (Å²) in [6.07, 6.45) is 0. The van der Waals surface area contributed by atoms with Crippen LogP contribution in [0.4, 0.5) is 0 Å². The summed E-state index contributed by atoms with van der Waals surface area (Å²) in [5.41, 5.74) is 3.34. The average Bonchev–Trinajstić information content (AvgIpc) is 2.39. The Balaban J connectivity index is 2.44. The predicted molar refractivity (Wildman–Crippen MR) is 68.0 cm³/mol. The lowest BCUT2D eigenvalue weighted by Crippen LogP contribution is -1.90. The molecule has 0 fully saturated rings. The lowest BCUT2D eigenvalue weighted by atomic mass is 10.0. The highest BCUT2D eigenvalue weighted by atomic mass is 35.5. The standard InChI is InChI=1S/C14H13ClO/c1-16-14-9-12(7-8-13(14)10-15)11-5-3-2-4-6-11/h2-9H,10H2,1H3. The van der Waals surface area contributed by atoms with Crippen LogP contribution in [0.3, 0.4) is 0 Å². The van der Waals surface area contributed by atoms with Crippen LogP contribution < -0.4 is 4.74 Å². The third-order valence-electron chi connectivity index (χ3n) is 2.54. The molecular weight excluding hydrogens is 220 g/mol. The Kier molecular flexibility index (Phi) is 3.47. The third-order valence-corrected chi connectivity index (χ3v) is 2.83. The molecule has 0 unspecified atom stereocenters. The first kappa shape index (κ1) is 11.0. The molecule has 0 aliphatic carbocycles. The first-order valence-corrected chi connectivity index (χ1v) is 5.67. The van der Waals surface area contributed by atoms with Gasteiger partial charge in [0.1, 0.15) is 5.75 Å². The molecule has 16 heavy (non-hydrogen) atoms. The van der Waals surface area contributed by atoms with Gasteiger partial charge in [0.2, 0.25) is 0 Å². The Morgan fingerprint density at radius 3 is 2.38 bits per heavy atom. The second kappa shape index (κ2) is 5.04. The van der Waals surface area contributed by atoms with Crippen LogP contribution in [-0.2, 0) is 5.88 Å². The van der Waals surface area contributed by atoms with Crippen molar-refractivity contribution < 1.29 is 4.74 Å². The van der Waals surface area contributed by atoms with E-state index in [9.17, 15) is 0 Å². The maximum Gasteiger partial charge on any atom is 0.123 e. The normalized spacial score (nSPS) is 10.1. The lowest BCUT2D eigenvalue weighted by molar-refractivity contribution is 0.411. The minimum Gasteiger partial charge on any atom is -0.496 e. The zero-order chi connectivity index (χ0) is 11.4. The summed E-state index contributed by atoms with van der Waals surface area (Å²) in [6, 6.07) is 16.3. The van der Waals surface area contributed by atoms with Crippen LogP contribution in [0.5, 0.6) is 5.75 Å². The molecule has 0 aliphatic rings. The lowest BCUT2D eigenvalue weighted by Gasteiger charge is -2.08. The first-order chi connectivity index (χ1) is 7.85. The van der Waals surface area contributed by atoms with Gasteiger partial charge in [-0.2, -0.15) is 0 Å². The van der Waals surface area contributed by atoms with Crippen LogP contribution in [0.25, 0.3) is 11.1 Å². The summed E-state index contributed by atoms with van der Waals surface area (Å²) < 4.78 is 5.31. The van der Waals surface area contributed by atoms with Crippen molar-refractivity contribution in [3.63, 3.8) is 0 Å². The SMILES string of the molecule is COc1cc(-c2ccccc2)ccc1CCl. The molecule has 2 rings (SSSR count). The third kappa shape index (κ3) is 2.20. The van der Waals surface area contributed by atoms with Gasteiger partial charge < -0.3 is 4.74 Å². The zero-order valence-corrected chi connectivity index (χ0v) is 9.87. The van der Waals surface area contributed by atoms with E-state index in [1.54, 1.807) is 7.11 Å². The molecule has 0 saturated heterocycles. The van der Waals surface area contributed by atoms with E-state index in [4.69, 9.17) is 16.3 Å². The predicted octanol–water partition coefficient (Wildman–Crippen LogP) is 4.10. The fraction of sp³-hybridized carbons (Fsp3) is 0.143. The molecule has 1 nitrogen and oxygen atoms in total. The van der Waals surface area contributed by atoms with E-state index in [0.717, 1.165) is 16.9 Å². The van der Waals surface area contributed by atoms with Crippen LogP contribution in [0.15, 0.2) is 48.5 Å². The Morgan fingerprint density at radius 1 is 1.00 bits per heavy atom. The van der Waals surface area contributed by atoms with Gasteiger partial charge in [0.05, 0.1) is 13.0 Å². The monoisotopic (exact) mass is 232 g/mol. The van der Waals surface area contributed by atoms with E-state index in [0.29, 0.717) is 5.88 Å². The zero-order valence-electron chi connectivity index (χ0n) is 9.11. The molecule has 82 valence electrons. The van der Waals surface area contributed by atoms with Crippen molar-refractivity contribution in [1.82, 2.24) is 0 Å². The van der Waals surface area contributed by atoms with Crippen LogP contribution in [0.1, 0.15) is 5.56 Å². The molecule has 2 aromatic carbocycles. The topological polar surface area (TPSA) is 9.23 Å². The molecule has 0 N–H and O–H groups in total. The van der Waals surface area contributed by atoms with Crippen LogP contribution in [0.2, 0.25) is 0 Å². The molecule has 0 spiro atoms. The minimum atomic E-state index is 0.470. The highest BCUT2D eigenvalue weighted by Crippen LogP contribution is 2.27. The fourth-order valence-electron chi connectivity index (χ4n) is 1.67. The number of ether oxygens (including phenoxy) is 1. The van der Waals surface area contributed by atoms with Crippen molar-refractivity contribution in [2.75, 3.05) is 7.11 Å². The average molecular weight is 233 g/mol. The Hall–Kier alpha value is -1.47. The quantitative estimate of drug-likeness (QED) is 0.724. The van der Waals surface area contributed by atoms with E-state index >= 15 is 0 Å². The molecule has 0 bridgehead atoms. The summed E-state index contributed by atoms with van der Waals surface area (Å²) in [7, 11) is 1.67. The van der Waals surface area contributed by atoms with Gasteiger partial charge in [-0.05, 0) is 17.2 Å². The number of benzene rings is 2. The van der Waals surface area contributed by atoms with Gasteiger partial charge in [0.15, 0.2) is 0 Å². The van der Waals surface area contributed by atoms with Gasteiger partial charge >= 0.3 is 0 Å². The van der Waals surface area contributed by atoms with Gasteiger partial charge in [0.25, 0.3) is 0 Å². The van der Waals surface area contributed by atoms with Crippen LogP contribution in [-0.4, -0.2) is 7.11 Å². The fourth-order valence-corrected chi connectivity index (χ4v) is 1.89. The molecule has 2 aromatic rings. The number of methoxy groups -OCH3 is 1. The molecule has 0 radical (unpaired) electrons. The van der Waals surface area contributed by atoms with Crippen molar-refractivity contribution >= 4 is 11.6 Å². The van der Waals surface area contributed by atoms with Crippen molar-refractivity contribution in [3.05, 3.63) is 54.1 Å². The number of hydrogen-bond donors (Lipinski definition) is 0. The number of halogens is 1. The Morgan fingerprint density at radius 2 is 1.75 bits per heavy atom. The summed E-state index contributed by atoms with van der Waals surface area (Å²) in [5.74, 6) is 1.31. The largest absolute Gasteiger partial charge is 0.496 e. The Bertz CT molecular complexity index is 465. The van der Waals surface area contributed by atoms with Gasteiger partial charge in [-0.1, -0.05) is 42.5 Å². The van der Waals surface area contributed by atoms with E-state index in [1.165, 1.54) is 5.56 Å². The highest BCUT2D eigenvalue weighted by Gasteiger charge is 2.04. The maximum absolute atomic E-state index is 5.83. The van der Waals surface area contributed by atoms with E-state index in [-0.39, 0.29) is 0 Å². The van der Waals surface area contributed by atoms with Crippen molar-refractivity contribution in [1.29, 1.82) is 0 Å². The van der Waals surface area contributed by atoms with Crippen molar-refractivity contribution in [2.24, 2.45) is 0 Å². The molecule has 0 aromatic heterocycles. The van der Waals surface area contributed by atoms with Gasteiger partial charge in [-0.25, -0.2) is 0 Å². The van der Waals surface area contributed by atoms with Gasteiger partial charge in [-0.15, -0.1) is 11.6 Å². The number of hydrogen-bond acceptors (Lipinski definition) is 1. The van der Waals surface area contributed by atoms with E-state index in [1.807, 2.05) is 30.3 Å². The maximum atomic E-state index is 5.83. The molecular formula is C14H13ClO. The van der Waals surface area contributed by atoms with Crippen LogP contribution >= 0.6 is 11.6 Å². The van der Waals surface area contributed by atoms with E-state index in [2.05, 4.69) is 18.2 Å². The van der Waals surface area contributed by atoms with Crippen molar-refractivity contribution in [3.8, 4) is 16.9 Å². The molecule has 0 saturated carbocycles. The molecule has 0 heterocycles. The second-order valence-electron chi connectivity index (χ2n) is 3.53. The molecule has 0 atom stereocenters. The smallest absolute Gasteiger partial charge is 0.123 e. The summed E-state index contributed by atoms with van der Waals surface area (Å²) >= 11 is 5.83. The Labute approximate surface area is 101 Å². The van der Waals surface area contributed by atoms with Gasteiger partial charge in [0, 0.05) is 5.56 Å². The highest BCUT2D eigenvalue weighted by molar-refractivity contribution is 6.17. The molecule has 0 aliphatic heterocycles. The molecule has 0 amide bonds. The number of rotatable bonds is 3. The minimum absolute atomic E-state index is 0.470. The van der Waals surface area contributed by atoms with Crippen LogP contribution in [0, 0.1) is 0 Å². The second-order valence-corrected chi connectivity index (χ2v) is 3.79. The first-order valence-electron chi connectivity index (χ1n) is 5.13. The van der Waals surface area contributed by atoms with Gasteiger partial charge in [-0.3, -0.25) is 0 Å². The summed E-state index contributed by atoms with van der Waals surface area (Å²) in [6.45, 7) is 0. The number of alkyl halides is 1. The van der Waals surface area contributed by atoms with E-state index < -0.39 is 0 Å². The summed E-state index contributed by atoms with van der Waals surface area (Å²) in [4.78, 5) is 0. The van der Waals surface area contributed by atoms with Crippen molar-refractivity contribution in [2.45, 2.75) is 5.88 Å².